The van der Waals surface area contributed by atoms with Gasteiger partial charge in [-0.15, -0.1) is 0 Å². The maximum absolute atomic E-state index is 12.1. The van der Waals surface area contributed by atoms with E-state index in [9.17, 15) is 10.0 Å². The molecule has 0 aromatic heterocycles. The van der Waals surface area contributed by atoms with Gasteiger partial charge in [0.05, 0.1) is 5.41 Å². The van der Waals surface area contributed by atoms with Crippen molar-refractivity contribution in [3.05, 3.63) is 34.5 Å². The molecule has 1 aromatic carbocycles. The van der Waals surface area contributed by atoms with Crippen LogP contribution < -0.4 is 5.73 Å². The van der Waals surface area contributed by atoms with E-state index in [-0.39, 0.29) is 6.42 Å². The lowest BCUT2D eigenvalue weighted by molar-refractivity contribution is -0.358. The van der Waals surface area contributed by atoms with Crippen LogP contribution >= 0.6 is 0 Å². The first-order valence-electron chi connectivity index (χ1n) is 5.57. The number of nitrogens with two attached hydrogens (primary N) is 1. The van der Waals surface area contributed by atoms with E-state index >= 15 is 0 Å². The van der Waals surface area contributed by atoms with Crippen LogP contribution in [0.3, 0.4) is 0 Å². The maximum Gasteiger partial charge on any atom is 0.221 e. The number of rotatable bonds is 2. The molecule has 0 radical (unpaired) electrons. The first-order chi connectivity index (χ1) is 7.88. The Kier molecular flexibility index (Phi) is 2.45. The van der Waals surface area contributed by atoms with Crippen molar-refractivity contribution in [2.45, 2.75) is 32.6 Å². The molecule has 1 heterocycles. The highest BCUT2D eigenvalue weighted by molar-refractivity contribution is 5.98. The standard InChI is InChI=1S/C13H16N2O2/c1-8-5-4-6-10-12(8)13(3,7-11(14)16)9(2)15(10)17/h4-6H,7H2,1-3H3,(H2,14,16). The smallest absolute Gasteiger partial charge is 0.221 e. The topological polar surface area (TPSA) is 69.2 Å². The Bertz CT molecular complexity index is 534. The third-order valence-electron chi connectivity index (χ3n) is 3.65. The van der Waals surface area contributed by atoms with Gasteiger partial charge in [-0.25, -0.2) is 0 Å². The van der Waals surface area contributed by atoms with Gasteiger partial charge in [0.1, 0.15) is 0 Å². The van der Waals surface area contributed by atoms with Gasteiger partial charge in [-0.05, 0) is 19.4 Å². The quantitative estimate of drug-likeness (QED) is 0.623. The molecule has 1 aliphatic rings. The normalized spacial score (nSPS) is 22.8. The third kappa shape index (κ3) is 1.52. The summed E-state index contributed by atoms with van der Waals surface area (Å²) in [6.45, 7) is 5.61. The van der Waals surface area contributed by atoms with E-state index in [1.807, 2.05) is 26.0 Å². The van der Waals surface area contributed by atoms with E-state index in [1.165, 1.54) is 0 Å². The van der Waals surface area contributed by atoms with Gasteiger partial charge >= 0.3 is 0 Å². The largest absolute Gasteiger partial charge is 0.618 e. The third-order valence-corrected chi connectivity index (χ3v) is 3.65. The Labute approximate surface area is 100 Å². The Morgan fingerprint density at radius 2 is 2.12 bits per heavy atom. The molecule has 2 rings (SSSR count). The predicted molar refractivity (Wildman–Crippen MR) is 66.3 cm³/mol. The zero-order valence-electron chi connectivity index (χ0n) is 10.3. The van der Waals surface area contributed by atoms with Crippen LogP contribution in [0.5, 0.6) is 0 Å². The van der Waals surface area contributed by atoms with Crippen LogP contribution in [0, 0.1) is 12.1 Å². The monoisotopic (exact) mass is 232 g/mol. The summed E-state index contributed by atoms with van der Waals surface area (Å²) in [5.74, 6) is -0.392. The summed E-state index contributed by atoms with van der Waals surface area (Å²) in [5, 5.41) is 12.1. The van der Waals surface area contributed by atoms with Crippen molar-refractivity contribution < 1.29 is 9.53 Å². The molecule has 0 spiro atoms. The molecular weight excluding hydrogens is 216 g/mol. The van der Waals surface area contributed by atoms with E-state index < -0.39 is 11.3 Å². The van der Waals surface area contributed by atoms with Crippen LogP contribution in [-0.4, -0.2) is 16.4 Å². The van der Waals surface area contributed by atoms with E-state index in [0.717, 1.165) is 15.9 Å². The summed E-state index contributed by atoms with van der Waals surface area (Å²) in [4.78, 5) is 11.2. The van der Waals surface area contributed by atoms with Crippen LogP contribution in [-0.2, 0) is 10.2 Å². The molecule has 4 heteroatoms. The molecule has 0 bridgehead atoms. The highest BCUT2D eigenvalue weighted by atomic mass is 16.5. The zero-order chi connectivity index (χ0) is 12.8. The van der Waals surface area contributed by atoms with Gasteiger partial charge in [-0.2, -0.15) is 4.74 Å². The highest BCUT2D eigenvalue weighted by Crippen LogP contribution is 2.43. The summed E-state index contributed by atoms with van der Waals surface area (Å²) >= 11 is 0. The predicted octanol–water partition coefficient (Wildman–Crippen LogP) is 1.74. The van der Waals surface area contributed by atoms with Gasteiger partial charge in [-0.3, -0.25) is 4.79 Å². The van der Waals surface area contributed by atoms with E-state index in [0.29, 0.717) is 11.4 Å². The number of nitrogens with zero attached hydrogens (tertiary/aromatic N) is 1. The first kappa shape index (κ1) is 11.6. The number of hydrogen-bond donors (Lipinski definition) is 1. The van der Waals surface area contributed by atoms with Crippen molar-refractivity contribution in [1.82, 2.24) is 0 Å². The van der Waals surface area contributed by atoms with Crippen LogP contribution in [0.15, 0.2) is 18.2 Å². The summed E-state index contributed by atoms with van der Waals surface area (Å²) < 4.78 is 0.908. The number of aryl methyl sites for hydroxylation is 1. The van der Waals surface area contributed by atoms with Crippen molar-refractivity contribution >= 4 is 17.3 Å². The van der Waals surface area contributed by atoms with Crippen molar-refractivity contribution in [1.29, 1.82) is 0 Å². The molecule has 0 fully saturated rings. The summed E-state index contributed by atoms with van der Waals surface area (Å²) in [6.07, 6.45) is 0.162. The van der Waals surface area contributed by atoms with Crippen molar-refractivity contribution in [3.63, 3.8) is 0 Å². The van der Waals surface area contributed by atoms with Gasteiger partial charge in [0, 0.05) is 25.0 Å². The van der Waals surface area contributed by atoms with Crippen LogP contribution in [0.1, 0.15) is 31.4 Å². The molecule has 17 heavy (non-hydrogen) atoms. The number of carbonyl (C=O) groups is 1. The SMILES string of the molecule is CC1=[N+]([O-])c2cccc(C)c2C1(C)CC(N)=O. The molecule has 1 amide bonds. The summed E-state index contributed by atoms with van der Waals surface area (Å²) in [7, 11) is 0. The van der Waals surface area contributed by atoms with Crippen LogP contribution in [0.4, 0.5) is 5.69 Å². The number of amides is 1. The lowest BCUT2D eigenvalue weighted by Gasteiger charge is -2.21. The molecule has 0 saturated carbocycles. The summed E-state index contributed by atoms with van der Waals surface area (Å²) in [5.41, 5.74) is 7.92. The molecular formula is C13H16N2O2. The molecule has 1 aromatic rings. The molecule has 2 N–H and O–H groups in total. The van der Waals surface area contributed by atoms with Gasteiger partial charge in [0.15, 0.2) is 5.71 Å². The van der Waals surface area contributed by atoms with Gasteiger partial charge in [0.2, 0.25) is 11.6 Å². The number of carbonyl (C=O) groups excluding carboxylic acids is 1. The Balaban J connectivity index is 2.69. The minimum atomic E-state index is -0.575. The van der Waals surface area contributed by atoms with Crippen LogP contribution in [0.25, 0.3) is 0 Å². The fraction of sp³-hybridized carbons (Fsp3) is 0.385. The number of fused-ring (bicyclic) bond motifs is 1. The van der Waals surface area contributed by atoms with Crippen LogP contribution in [0.2, 0.25) is 0 Å². The minimum absolute atomic E-state index is 0.162. The molecule has 1 aliphatic heterocycles. The van der Waals surface area contributed by atoms with Crippen molar-refractivity contribution in [2.24, 2.45) is 5.73 Å². The second-order valence-electron chi connectivity index (χ2n) is 4.82. The van der Waals surface area contributed by atoms with E-state index in [1.54, 1.807) is 13.0 Å². The maximum atomic E-state index is 12.1. The first-order valence-corrected chi connectivity index (χ1v) is 5.57. The molecule has 90 valence electrons. The number of hydrogen-bond acceptors (Lipinski definition) is 2. The average molecular weight is 232 g/mol. The van der Waals surface area contributed by atoms with Crippen molar-refractivity contribution in [3.8, 4) is 0 Å². The fourth-order valence-electron chi connectivity index (χ4n) is 2.69. The highest BCUT2D eigenvalue weighted by Gasteiger charge is 2.46. The second-order valence-corrected chi connectivity index (χ2v) is 4.82. The minimum Gasteiger partial charge on any atom is -0.618 e. The average Bonchev–Trinajstić information content (AvgIpc) is 2.41. The molecule has 1 atom stereocenters. The van der Waals surface area contributed by atoms with Gasteiger partial charge < -0.3 is 10.9 Å². The summed E-state index contributed by atoms with van der Waals surface area (Å²) in [6, 6.07) is 5.58. The number of primary amides is 1. The second kappa shape index (κ2) is 3.58. The lowest BCUT2D eigenvalue weighted by Crippen LogP contribution is -2.35. The fourth-order valence-corrected chi connectivity index (χ4v) is 2.69. The Hall–Kier alpha value is -1.84. The molecule has 4 nitrogen and oxygen atoms in total. The molecule has 1 unspecified atom stereocenters. The van der Waals surface area contributed by atoms with Gasteiger partial charge in [0.25, 0.3) is 0 Å². The number of benzene rings is 1. The molecule has 0 aliphatic carbocycles. The van der Waals surface area contributed by atoms with Crippen molar-refractivity contribution in [2.75, 3.05) is 0 Å². The Morgan fingerprint density at radius 3 is 2.71 bits per heavy atom. The van der Waals surface area contributed by atoms with Gasteiger partial charge in [-0.1, -0.05) is 12.1 Å². The van der Waals surface area contributed by atoms with E-state index in [2.05, 4.69) is 0 Å². The molecule has 0 saturated heterocycles. The lowest BCUT2D eigenvalue weighted by atomic mass is 9.75. The van der Waals surface area contributed by atoms with E-state index in [4.69, 9.17) is 5.73 Å². The zero-order valence-corrected chi connectivity index (χ0v) is 10.3. The Morgan fingerprint density at radius 1 is 1.47 bits per heavy atom.